The molecule has 6 nitrogen and oxygen atoms in total. The van der Waals surface area contributed by atoms with Crippen molar-refractivity contribution < 1.29 is 19.6 Å². The van der Waals surface area contributed by atoms with Crippen molar-refractivity contribution in [3.63, 3.8) is 0 Å². The van der Waals surface area contributed by atoms with Crippen molar-refractivity contribution in [1.29, 1.82) is 0 Å². The summed E-state index contributed by atoms with van der Waals surface area (Å²) in [6.45, 7) is 2.67. The highest BCUT2D eigenvalue weighted by atomic mass is 16.6. The van der Waals surface area contributed by atoms with Crippen LogP contribution in [0.15, 0.2) is 0 Å². The number of aliphatic hydroxyl groups excluding tert-OH is 1. The monoisotopic (exact) mass is 205 g/mol. The number of nitro groups is 1. The molecule has 0 fully saturated rings. The van der Waals surface area contributed by atoms with E-state index in [4.69, 9.17) is 4.74 Å². The molecule has 3 atom stereocenters. The van der Waals surface area contributed by atoms with Crippen molar-refractivity contribution in [2.45, 2.75) is 38.0 Å². The smallest absolute Gasteiger partial charge is 0.254 e. The molecule has 0 bridgehead atoms. The Morgan fingerprint density at radius 1 is 1.71 bits per heavy atom. The van der Waals surface area contributed by atoms with E-state index in [1.54, 1.807) is 0 Å². The molecule has 0 amide bonds. The van der Waals surface area contributed by atoms with Gasteiger partial charge < -0.3 is 14.6 Å². The topological polar surface area (TPSA) is 89.7 Å². The third-order valence-corrected chi connectivity index (χ3v) is 2.22. The van der Waals surface area contributed by atoms with E-state index in [0.29, 0.717) is 6.29 Å². The predicted molar refractivity (Wildman–Crippen MR) is 48.6 cm³/mol. The molecule has 0 rings (SSSR count). The second kappa shape index (κ2) is 5.02. The first-order chi connectivity index (χ1) is 6.40. The first kappa shape index (κ1) is 13.0. The van der Waals surface area contributed by atoms with E-state index in [0.717, 1.165) is 0 Å². The second-order valence-corrected chi connectivity index (χ2v) is 3.38. The van der Waals surface area contributed by atoms with Crippen LogP contribution >= 0.6 is 0 Å². The van der Waals surface area contributed by atoms with E-state index in [9.17, 15) is 20.0 Å². The van der Waals surface area contributed by atoms with Crippen molar-refractivity contribution in [3.8, 4) is 0 Å². The number of rotatable bonds is 6. The van der Waals surface area contributed by atoms with Crippen molar-refractivity contribution in [2.75, 3.05) is 7.11 Å². The van der Waals surface area contributed by atoms with Gasteiger partial charge in [0.2, 0.25) is 0 Å². The zero-order valence-electron chi connectivity index (χ0n) is 8.47. The van der Waals surface area contributed by atoms with E-state index in [-0.39, 0.29) is 6.42 Å². The molecule has 0 radical (unpaired) electrons. The summed E-state index contributed by atoms with van der Waals surface area (Å²) < 4.78 is 4.84. The van der Waals surface area contributed by atoms with Crippen LogP contribution in [0.2, 0.25) is 0 Å². The van der Waals surface area contributed by atoms with Crippen molar-refractivity contribution >= 4 is 6.29 Å². The normalized spacial score (nSPS) is 19.4. The van der Waals surface area contributed by atoms with Crippen molar-refractivity contribution in [3.05, 3.63) is 10.1 Å². The molecular weight excluding hydrogens is 190 g/mol. The van der Waals surface area contributed by atoms with Gasteiger partial charge in [0.15, 0.2) is 6.10 Å². The fraction of sp³-hybridized carbons (Fsp3) is 0.875. The van der Waals surface area contributed by atoms with Gasteiger partial charge in [-0.15, -0.1) is 0 Å². The van der Waals surface area contributed by atoms with E-state index < -0.39 is 22.7 Å². The SMILES string of the molecule is COC(C(C)O)[C@](C)(CC=O)[N+](=O)[O-]. The lowest BCUT2D eigenvalue weighted by Gasteiger charge is -2.29. The Bertz CT molecular complexity index is 218. The van der Waals surface area contributed by atoms with Gasteiger partial charge in [-0.05, 0) is 6.92 Å². The zero-order chi connectivity index (χ0) is 11.4. The van der Waals surface area contributed by atoms with Gasteiger partial charge in [0.25, 0.3) is 5.54 Å². The first-order valence-electron chi connectivity index (χ1n) is 4.19. The molecule has 0 aliphatic rings. The quantitative estimate of drug-likeness (QED) is 0.374. The van der Waals surface area contributed by atoms with Gasteiger partial charge in [-0.3, -0.25) is 10.1 Å². The van der Waals surface area contributed by atoms with Gasteiger partial charge in [-0.25, -0.2) is 0 Å². The molecule has 0 aliphatic carbocycles. The molecular formula is C8H15NO5. The average molecular weight is 205 g/mol. The molecule has 0 saturated carbocycles. The van der Waals surface area contributed by atoms with Crippen LogP contribution < -0.4 is 0 Å². The molecule has 0 saturated heterocycles. The summed E-state index contributed by atoms with van der Waals surface area (Å²) in [6.07, 6.45) is -1.83. The van der Waals surface area contributed by atoms with E-state index >= 15 is 0 Å². The summed E-state index contributed by atoms with van der Waals surface area (Å²) >= 11 is 0. The Labute approximate surface area is 82.0 Å². The van der Waals surface area contributed by atoms with Crippen molar-refractivity contribution in [2.24, 2.45) is 0 Å². The molecule has 0 aliphatic heterocycles. The number of aliphatic hydroxyl groups is 1. The van der Waals surface area contributed by atoms with E-state index in [1.807, 2.05) is 0 Å². The van der Waals surface area contributed by atoms with Crippen LogP contribution in [0.1, 0.15) is 20.3 Å². The Hall–Kier alpha value is -1.01. The van der Waals surface area contributed by atoms with Gasteiger partial charge in [0, 0.05) is 19.0 Å². The molecule has 6 heteroatoms. The standard InChI is InChI=1S/C8H15NO5/c1-6(11)7(14-3)8(2,4-5-10)9(12)13/h5-7,11H,4H2,1-3H3/t6?,7?,8-/m0/s1. The fourth-order valence-corrected chi connectivity index (χ4v) is 1.43. The largest absolute Gasteiger partial charge is 0.390 e. The average Bonchev–Trinajstić information content (AvgIpc) is 2.04. The number of carbonyl (C=O) groups is 1. The van der Waals surface area contributed by atoms with Gasteiger partial charge in [0.05, 0.1) is 12.5 Å². The number of ether oxygens (including phenoxy) is 1. The Morgan fingerprint density at radius 3 is 2.43 bits per heavy atom. The summed E-state index contributed by atoms with van der Waals surface area (Å²) in [5.74, 6) is 0. The molecule has 2 unspecified atom stereocenters. The van der Waals surface area contributed by atoms with Crippen LogP contribution in [0.5, 0.6) is 0 Å². The maximum absolute atomic E-state index is 10.8. The number of hydrogen-bond acceptors (Lipinski definition) is 5. The summed E-state index contributed by atoms with van der Waals surface area (Å²) in [6, 6.07) is 0. The third kappa shape index (κ3) is 2.49. The van der Waals surface area contributed by atoms with Gasteiger partial charge in [-0.1, -0.05) is 0 Å². The first-order valence-corrected chi connectivity index (χ1v) is 4.19. The summed E-state index contributed by atoms with van der Waals surface area (Å²) in [7, 11) is 1.27. The maximum Gasteiger partial charge on any atom is 0.254 e. The summed E-state index contributed by atoms with van der Waals surface area (Å²) in [4.78, 5) is 20.5. The van der Waals surface area contributed by atoms with E-state index in [2.05, 4.69) is 0 Å². The third-order valence-electron chi connectivity index (χ3n) is 2.22. The second-order valence-electron chi connectivity index (χ2n) is 3.38. The van der Waals surface area contributed by atoms with Crippen LogP contribution in [-0.4, -0.2) is 41.2 Å². The maximum atomic E-state index is 10.8. The predicted octanol–water partition coefficient (Wildman–Crippen LogP) is 0.00660. The number of methoxy groups -OCH3 is 1. The molecule has 82 valence electrons. The molecule has 0 aromatic rings. The van der Waals surface area contributed by atoms with Crippen LogP contribution in [0.25, 0.3) is 0 Å². The summed E-state index contributed by atoms with van der Waals surface area (Å²) in [5.41, 5.74) is -1.58. The van der Waals surface area contributed by atoms with Crippen LogP contribution in [0, 0.1) is 10.1 Å². The number of nitrogens with zero attached hydrogens (tertiary/aromatic N) is 1. The van der Waals surface area contributed by atoms with Gasteiger partial charge in [-0.2, -0.15) is 0 Å². The zero-order valence-corrected chi connectivity index (χ0v) is 8.47. The number of hydrogen-bond donors (Lipinski definition) is 1. The van der Waals surface area contributed by atoms with E-state index in [1.165, 1.54) is 21.0 Å². The summed E-state index contributed by atoms with van der Waals surface area (Å²) in [5, 5.41) is 20.0. The highest BCUT2D eigenvalue weighted by Crippen LogP contribution is 2.23. The lowest BCUT2D eigenvalue weighted by atomic mass is 9.89. The minimum absolute atomic E-state index is 0.288. The number of carbonyl (C=O) groups excluding carboxylic acids is 1. The number of aldehydes is 1. The Balaban J connectivity index is 4.94. The van der Waals surface area contributed by atoms with Gasteiger partial charge in [0.1, 0.15) is 6.29 Å². The molecule has 14 heavy (non-hydrogen) atoms. The minimum atomic E-state index is -1.58. The molecule has 0 aromatic carbocycles. The van der Waals surface area contributed by atoms with Crippen LogP contribution in [0.3, 0.4) is 0 Å². The van der Waals surface area contributed by atoms with Gasteiger partial charge >= 0.3 is 0 Å². The molecule has 0 spiro atoms. The molecule has 0 aromatic heterocycles. The fourth-order valence-electron chi connectivity index (χ4n) is 1.43. The Morgan fingerprint density at radius 2 is 2.21 bits per heavy atom. The Kier molecular flexibility index (Phi) is 4.65. The molecule has 0 heterocycles. The van der Waals surface area contributed by atoms with Crippen LogP contribution in [0.4, 0.5) is 0 Å². The van der Waals surface area contributed by atoms with Crippen LogP contribution in [-0.2, 0) is 9.53 Å². The lowest BCUT2D eigenvalue weighted by Crippen LogP contribution is -2.52. The highest BCUT2D eigenvalue weighted by molar-refractivity contribution is 5.51. The highest BCUT2D eigenvalue weighted by Gasteiger charge is 2.48. The minimum Gasteiger partial charge on any atom is -0.390 e. The molecule has 1 N–H and O–H groups in total. The lowest BCUT2D eigenvalue weighted by molar-refractivity contribution is -0.579. The van der Waals surface area contributed by atoms with Crippen molar-refractivity contribution in [1.82, 2.24) is 0 Å².